The normalized spacial score (nSPS) is 14.3. The van der Waals surface area contributed by atoms with E-state index in [0.29, 0.717) is 11.8 Å². The Kier molecular flexibility index (Phi) is 7.54. The van der Waals surface area contributed by atoms with Gasteiger partial charge in [0.25, 0.3) is 0 Å². The highest BCUT2D eigenvalue weighted by Crippen LogP contribution is 2.28. The summed E-state index contributed by atoms with van der Waals surface area (Å²) in [6, 6.07) is 8.24. The summed E-state index contributed by atoms with van der Waals surface area (Å²) < 4.78 is 11.9. The molecule has 1 rings (SSSR count). The lowest BCUT2D eigenvalue weighted by molar-refractivity contribution is 0.416. The zero-order chi connectivity index (χ0) is 14.1. The van der Waals surface area contributed by atoms with E-state index in [4.69, 9.17) is 5.73 Å². The Labute approximate surface area is 117 Å². The van der Waals surface area contributed by atoms with Gasteiger partial charge in [-0.3, -0.25) is 4.39 Å². The van der Waals surface area contributed by atoms with E-state index < -0.39 is 0 Å². The van der Waals surface area contributed by atoms with E-state index >= 15 is 0 Å². The molecule has 0 bridgehead atoms. The van der Waals surface area contributed by atoms with Crippen LogP contribution < -0.4 is 5.73 Å². The van der Waals surface area contributed by atoms with Gasteiger partial charge in [0.2, 0.25) is 0 Å². The third-order valence-corrected chi connectivity index (χ3v) is 4.11. The molecule has 2 heteroatoms. The first-order valence-corrected chi connectivity index (χ1v) is 7.56. The second kappa shape index (κ2) is 8.95. The van der Waals surface area contributed by atoms with E-state index in [2.05, 4.69) is 26.0 Å². The van der Waals surface area contributed by atoms with Gasteiger partial charge in [0, 0.05) is 5.69 Å². The van der Waals surface area contributed by atoms with Crippen molar-refractivity contribution < 1.29 is 4.39 Å². The standard InChI is InChI=1S/C17H28FN/c1-14(8-6-4-3-5-7-13-18)15(2)16-9-11-17(19)12-10-16/h9-12,14-15H,3-8,13,19H2,1-2H3. The summed E-state index contributed by atoms with van der Waals surface area (Å²) >= 11 is 0. The number of nitrogen functional groups attached to an aromatic ring is 1. The molecule has 2 unspecified atom stereocenters. The first kappa shape index (κ1) is 16.0. The molecule has 108 valence electrons. The highest BCUT2D eigenvalue weighted by atomic mass is 19.1. The van der Waals surface area contributed by atoms with Crippen LogP contribution in [0.25, 0.3) is 0 Å². The SMILES string of the molecule is CC(CCCCCCCF)C(C)c1ccc(N)cc1. The van der Waals surface area contributed by atoms with Crippen LogP contribution in [0.15, 0.2) is 24.3 Å². The number of alkyl halides is 1. The molecule has 19 heavy (non-hydrogen) atoms. The Morgan fingerprint density at radius 2 is 1.53 bits per heavy atom. The second-order valence-corrected chi connectivity index (χ2v) is 5.68. The highest BCUT2D eigenvalue weighted by molar-refractivity contribution is 5.40. The molecule has 1 nitrogen and oxygen atoms in total. The Hall–Kier alpha value is -1.05. The fraction of sp³-hybridized carbons (Fsp3) is 0.647. The number of anilines is 1. The summed E-state index contributed by atoms with van der Waals surface area (Å²) in [5.41, 5.74) is 7.92. The summed E-state index contributed by atoms with van der Waals surface area (Å²) in [7, 11) is 0. The first-order valence-electron chi connectivity index (χ1n) is 7.56. The van der Waals surface area contributed by atoms with E-state index in [1.807, 2.05) is 12.1 Å². The first-order chi connectivity index (χ1) is 9.15. The molecule has 0 amide bonds. The van der Waals surface area contributed by atoms with Crippen molar-refractivity contribution in [2.45, 2.75) is 58.3 Å². The van der Waals surface area contributed by atoms with Gasteiger partial charge in [-0.15, -0.1) is 0 Å². The van der Waals surface area contributed by atoms with E-state index in [-0.39, 0.29) is 6.67 Å². The molecule has 2 N–H and O–H groups in total. The molecule has 0 spiro atoms. The van der Waals surface area contributed by atoms with Crippen molar-refractivity contribution in [1.29, 1.82) is 0 Å². The number of unbranched alkanes of at least 4 members (excludes halogenated alkanes) is 4. The van der Waals surface area contributed by atoms with Crippen molar-refractivity contribution in [3.8, 4) is 0 Å². The van der Waals surface area contributed by atoms with Crippen LogP contribution in [0.2, 0.25) is 0 Å². The molecular formula is C17H28FN. The topological polar surface area (TPSA) is 26.0 Å². The lowest BCUT2D eigenvalue weighted by Crippen LogP contribution is -2.06. The largest absolute Gasteiger partial charge is 0.399 e. The van der Waals surface area contributed by atoms with Crippen molar-refractivity contribution in [2.24, 2.45) is 5.92 Å². The van der Waals surface area contributed by atoms with Gasteiger partial charge in [0.1, 0.15) is 0 Å². The van der Waals surface area contributed by atoms with E-state index in [0.717, 1.165) is 18.5 Å². The molecule has 0 heterocycles. The quantitative estimate of drug-likeness (QED) is 0.474. The predicted octanol–water partition coefficient (Wildman–Crippen LogP) is 5.32. The van der Waals surface area contributed by atoms with E-state index in [9.17, 15) is 4.39 Å². The maximum atomic E-state index is 11.9. The molecule has 0 aromatic heterocycles. The number of benzene rings is 1. The minimum atomic E-state index is -0.162. The molecule has 0 aliphatic heterocycles. The minimum Gasteiger partial charge on any atom is -0.399 e. The summed E-state index contributed by atoms with van der Waals surface area (Å²) in [5.74, 6) is 1.26. The van der Waals surface area contributed by atoms with Crippen LogP contribution in [0.1, 0.15) is 63.9 Å². The van der Waals surface area contributed by atoms with E-state index in [1.54, 1.807) is 0 Å². The van der Waals surface area contributed by atoms with Crippen molar-refractivity contribution in [3.63, 3.8) is 0 Å². The highest BCUT2D eigenvalue weighted by Gasteiger charge is 2.13. The lowest BCUT2D eigenvalue weighted by Gasteiger charge is -2.20. The van der Waals surface area contributed by atoms with Crippen LogP contribution in [0.5, 0.6) is 0 Å². The predicted molar refractivity (Wildman–Crippen MR) is 82.1 cm³/mol. The van der Waals surface area contributed by atoms with Gasteiger partial charge < -0.3 is 5.73 Å². The summed E-state index contributed by atoms with van der Waals surface area (Å²) in [6.07, 6.45) is 6.69. The van der Waals surface area contributed by atoms with Gasteiger partial charge in [-0.2, -0.15) is 0 Å². The molecule has 1 aromatic rings. The van der Waals surface area contributed by atoms with E-state index in [1.165, 1.54) is 31.2 Å². The minimum absolute atomic E-state index is 0.162. The Balaban J connectivity index is 2.25. The van der Waals surface area contributed by atoms with Crippen LogP contribution in [-0.2, 0) is 0 Å². The molecule has 0 aliphatic carbocycles. The fourth-order valence-electron chi connectivity index (χ4n) is 2.47. The van der Waals surface area contributed by atoms with Crippen LogP contribution >= 0.6 is 0 Å². The molecule has 0 saturated carbocycles. The maximum absolute atomic E-state index is 11.9. The van der Waals surface area contributed by atoms with Crippen LogP contribution in [0, 0.1) is 5.92 Å². The van der Waals surface area contributed by atoms with Crippen LogP contribution in [-0.4, -0.2) is 6.67 Å². The van der Waals surface area contributed by atoms with Gasteiger partial charge in [-0.05, 0) is 36.0 Å². The fourth-order valence-corrected chi connectivity index (χ4v) is 2.47. The van der Waals surface area contributed by atoms with Gasteiger partial charge >= 0.3 is 0 Å². The lowest BCUT2D eigenvalue weighted by atomic mass is 9.85. The summed E-state index contributed by atoms with van der Waals surface area (Å²) in [6.45, 7) is 4.45. The zero-order valence-electron chi connectivity index (χ0n) is 12.4. The molecule has 0 aliphatic rings. The molecular weight excluding hydrogens is 237 g/mol. The average molecular weight is 265 g/mol. The number of rotatable bonds is 9. The van der Waals surface area contributed by atoms with Crippen molar-refractivity contribution >= 4 is 5.69 Å². The Morgan fingerprint density at radius 3 is 2.16 bits per heavy atom. The van der Waals surface area contributed by atoms with Crippen molar-refractivity contribution in [3.05, 3.63) is 29.8 Å². The number of hydrogen-bond acceptors (Lipinski definition) is 1. The van der Waals surface area contributed by atoms with Crippen LogP contribution in [0.3, 0.4) is 0 Å². The Bertz CT molecular complexity index is 334. The molecule has 0 radical (unpaired) electrons. The zero-order valence-corrected chi connectivity index (χ0v) is 12.4. The summed E-state index contributed by atoms with van der Waals surface area (Å²) in [4.78, 5) is 0. The van der Waals surface area contributed by atoms with Crippen LogP contribution in [0.4, 0.5) is 10.1 Å². The number of nitrogens with two attached hydrogens (primary N) is 1. The van der Waals surface area contributed by atoms with Crippen molar-refractivity contribution in [2.75, 3.05) is 12.4 Å². The molecule has 0 fully saturated rings. The average Bonchev–Trinajstić information content (AvgIpc) is 2.42. The molecule has 1 aromatic carbocycles. The Morgan fingerprint density at radius 1 is 0.947 bits per heavy atom. The third-order valence-electron chi connectivity index (χ3n) is 4.11. The third kappa shape index (κ3) is 6.09. The van der Waals surface area contributed by atoms with Crippen molar-refractivity contribution in [1.82, 2.24) is 0 Å². The molecule has 0 saturated heterocycles. The van der Waals surface area contributed by atoms with Gasteiger partial charge in [0.15, 0.2) is 0 Å². The van der Waals surface area contributed by atoms with Gasteiger partial charge in [-0.25, -0.2) is 0 Å². The van der Waals surface area contributed by atoms with Gasteiger partial charge in [0.05, 0.1) is 6.67 Å². The number of halogens is 1. The molecule has 2 atom stereocenters. The van der Waals surface area contributed by atoms with Gasteiger partial charge in [-0.1, -0.05) is 58.1 Å². The second-order valence-electron chi connectivity index (χ2n) is 5.68. The summed E-state index contributed by atoms with van der Waals surface area (Å²) in [5, 5.41) is 0. The smallest absolute Gasteiger partial charge is 0.0894 e. The maximum Gasteiger partial charge on any atom is 0.0894 e. The number of hydrogen-bond donors (Lipinski definition) is 1. The monoisotopic (exact) mass is 265 g/mol.